The Kier molecular flexibility index (Phi) is 2.85. The van der Waals surface area contributed by atoms with E-state index in [1.165, 1.54) is 0 Å². The van der Waals surface area contributed by atoms with Crippen molar-refractivity contribution in [1.29, 1.82) is 0 Å². The third kappa shape index (κ3) is 1.79. The van der Waals surface area contributed by atoms with Crippen LogP contribution in [0.25, 0.3) is 0 Å². The zero-order chi connectivity index (χ0) is 10.0. The predicted octanol–water partition coefficient (Wildman–Crippen LogP) is 2.83. The second kappa shape index (κ2) is 3.72. The van der Waals surface area contributed by atoms with E-state index in [-0.39, 0.29) is 0 Å². The van der Waals surface area contributed by atoms with Gasteiger partial charge in [-0.2, -0.15) is 4.99 Å². The standard InChI is InChI=1S/C7HBrF3NO/c8-5-6(10)3(9)1-4(7(5)11)12-2-13/h1H. The molecule has 0 aliphatic heterocycles. The van der Waals surface area contributed by atoms with E-state index in [0.717, 1.165) is 6.08 Å². The first-order valence-corrected chi connectivity index (χ1v) is 3.78. The molecule has 0 unspecified atom stereocenters. The van der Waals surface area contributed by atoms with Gasteiger partial charge in [0.05, 0.1) is 4.47 Å². The molecule has 0 fully saturated rings. The van der Waals surface area contributed by atoms with Gasteiger partial charge in [-0.25, -0.2) is 18.0 Å². The number of rotatable bonds is 1. The highest BCUT2D eigenvalue weighted by molar-refractivity contribution is 9.10. The van der Waals surface area contributed by atoms with Gasteiger partial charge in [0.25, 0.3) is 0 Å². The molecule has 0 aliphatic rings. The van der Waals surface area contributed by atoms with Gasteiger partial charge in [0.15, 0.2) is 17.5 Å². The minimum absolute atomic E-state index is 0.473. The number of aliphatic imine (C=N–C) groups is 1. The number of hydrogen-bond acceptors (Lipinski definition) is 2. The van der Waals surface area contributed by atoms with Crippen LogP contribution in [-0.2, 0) is 4.79 Å². The van der Waals surface area contributed by atoms with Crippen molar-refractivity contribution in [1.82, 2.24) is 0 Å². The Morgan fingerprint density at radius 2 is 1.92 bits per heavy atom. The summed E-state index contributed by atoms with van der Waals surface area (Å²) in [7, 11) is 0. The van der Waals surface area contributed by atoms with Crippen LogP contribution in [0, 0.1) is 17.5 Å². The van der Waals surface area contributed by atoms with Crippen molar-refractivity contribution in [3.8, 4) is 0 Å². The molecule has 0 saturated carbocycles. The average molecular weight is 252 g/mol. The van der Waals surface area contributed by atoms with Crippen LogP contribution >= 0.6 is 15.9 Å². The van der Waals surface area contributed by atoms with Crippen LogP contribution in [-0.4, -0.2) is 6.08 Å². The molecule has 68 valence electrons. The molecule has 0 spiro atoms. The first kappa shape index (κ1) is 9.95. The molecule has 0 aromatic heterocycles. The summed E-state index contributed by atoms with van der Waals surface area (Å²) in [5.74, 6) is -3.79. The number of isocyanates is 1. The first-order valence-electron chi connectivity index (χ1n) is 2.98. The first-order chi connectivity index (χ1) is 6.07. The summed E-state index contributed by atoms with van der Waals surface area (Å²) < 4.78 is 37.4. The lowest BCUT2D eigenvalue weighted by molar-refractivity contribution is 0.488. The van der Waals surface area contributed by atoms with Crippen molar-refractivity contribution < 1.29 is 18.0 Å². The number of hydrogen-bond donors (Lipinski definition) is 0. The second-order valence-electron chi connectivity index (χ2n) is 2.02. The van der Waals surface area contributed by atoms with Crippen LogP contribution in [0.3, 0.4) is 0 Å². The quantitative estimate of drug-likeness (QED) is 0.327. The van der Waals surface area contributed by atoms with Crippen molar-refractivity contribution in [2.45, 2.75) is 0 Å². The summed E-state index contributed by atoms with van der Waals surface area (Å²) in [6.45, 7) is 0. The van der Waals surface area contributed by atoms with E-state index < -0.39 is 27.6 Å². The number of halogens is 4. The van der Waals surface area contributed by atoms with Crippen LogP contribution in [0.4, 0.5) is 18.9 Å². The van der Waals surface area contributed by atoms with E-state index in [9.17, 15) is 18.0 Å². The van der Waals surface area contributed by atoms with Gasteiger partial charge in [-0.15, -0.1) is 0 Å². The van der Waals surface area contributed by atoms with Crippen LogP contribution in [0.1, 0.15) is 0 Å². The molecule has 2 nitrogen and oxygen atoms in total. The minimum atomic E-state index is -1.36. The maximum atomic E-state index is 12.9. The van der Waals surface area contributed by atoms with Gasteiger partial charge in [-0.1, -0.05) is 0 Å². The second-order valence-corrected chi connectivity index (χ2v) is 2.82. The lowest BCUT2D eigenvalue weighted by Crippen LogP contribution is -1.90. The van der Waals surface area contributed by atoms with Gasteiger partial charge in [-0.05, 0) is 15.9 Å². The summed E-state index contributed by atoms with van der Waals surface area (Å²) in [4.78, 5) is 12.6. The molecule has 1 rings (SSSR count). The van der Waals surface area contributed by atoms with Crippen molar-refractivity contribution in [3.05, 3.63) is 28.0 Å². The normalized spacial score (nSPS) is 9.54. The maximum absolute atomic E-state index is 12.9. The largest absolute Gasteiger partial charge is 0.240 e. The van der Waals surface area contributed by atoms with Crippen molar-refractivity contribution in [2.24, 2.45) is 4.99 Å². The van der Waals surface area contributed by atoms with Gasteiger partial charge in [-0.3, -0.25) is 0 Å². The molecule has 6 heteroatoms. The molecule has 0 aliphatic carbocycles. The third-order valence-electron chi connectivity index (χ3n) is 1.25. The van der Waals surface area contributed by atoms with Crippen LogP contribution in [0.15, 0.2) is 15.5 Å². The molecule has 0 heterocycles. The molecular formula is C7HBrF3NO. The van der Waals surface area contributed by atoms with Crippen LogP contribution in [0.2, 0.25) is 0 Å². The van der Waals surface area contributed by atoms with E-state index >= 15 is 0 Å². The van der Waals surface area contributed by atoms with E-state index in [2.05, 4.69) is 20.9 Å². The number of benzene rings is 1. The van der Waals surface area contributed by atoms with Crippen LogP contribution in [0.5, 0.6) is 0 Å². The zero-order valence-electron chi connectivity index (χ0n) is 5.94. The molecule has 0 saturated heterocycles. The Bertz CT molecular complexity index is 401. The van der Waals surface area contributed by atoms with Crippen molar-refractivity contribution >= 4 is 27.7 Å². The highest BCUT2D eigenvalue weighted by Gasteiger charge is 2.16. The predicted molar refractivity (Wildman–Crippen MR) is 41.8 cm³/mol. The molecule has 1 aromatic carbocycles. The molecule has 0 atom stereocenters. The SMILES string of the molecule is O=C=Nc1cc(F)c(F)c(Br)c1F. The Hall–Kier alpha value is -1.13. The molecule has 1 aromatic rings. The van der Waals surface area contributed by atoms with Crippen molar-refractivity contribution in [2.75, 3.05) is 0 Å². The third-order valence-corrected chi connectivity index (χ3v) is 1.95. The highest BCUT2D eigenvalue weighted by atomic mass is 79.9. The van der Waals surface area contributed by atoms with Gasteiger partial charge in [0, 0.05) is 6.07 Å². The summed E-state index contributed by atoms with van der Waals surface area (Å²) in [6, 6.07) is 0.473. The fourth-order valence-electron chi connectivity index (χ4n) is 0.691. The lowest BCUT2D eigenvalue weighted by Gasteiger charge is -2.00. The molecule has 0 bridgehead atoms. The lowest BCUT2D eigenvalue weighted by atomic mass is 10.3. The number of carbonyl (C=O) groups excluding carboxylic acids is 1. The molecular weight excluding hydrogens is 251 g/mol. The topological polar surface area (TPSA) is 29.4 Å². The van der Waals surface area contributed by atoms with E-state index in [1.807, 2.05) is 0 Å². The van der Waals surface area contributed by atoms with Gasteiger partial charge >= 0.3 is 0 Å². The minimum Gasteiger partial charge on any atom is -0.211 e. The summed E-state index contributed by atoms with van der Waals surface area (Å²) in [5, 5.41) is 0. The maximum Gasteiger partial charge on any atom is 0.240 e. The van der Waals surface area contributed by atoms with Gasteiger partial charge < -0.3 is 0 Å². The van der Waals surface area contributed by atoms with E-state index in [1.54, 1.807) is 0 Å². The Labute approximate surface area is 79.2 Å². The van der Waals surface area contributed by atoms with Crippen molar-refractivity contribution in [3.63, 3.8) is 0 Å². The number of nitrogens with zero attached hydrogens (tertiary/aromatic N) is 1. The Morgan fingerprint density at radius 1 is 1.31 bits per heavy atom. The monoisotopic (exact) mass is 251 g/mol. The Balaban J connectivity index is 3.49. The fraction of sp³-hybridized carbons (Fsp3) is 0. The van der Waals surface area contributed by atoms with E-state index in [4.69, 9.17) is 0 Å². The smallest absolute Gasteiger partial charge is 0.211 e. The summed E-state index contributed by atoms with van der Waals surface area (Å²) in [5.41, 5.74) is -0.597. The average Bonchev–Trinajstić information content (AvgIpc) is 2.11. The zero-order valence-corrected chi connectivity index (χ0v) is 7.53. The highest BCUT2D eigenvalue weighted by Crippen LogP contribution is 2.29. The molecule has 0 N–H and O–H groups in total. The van der Waals surface area contributed by atoms with Crippen LogP contribution < -0.4 is 0 Å². The molecule has 13 heavy (non-hydrogen) atoms. The summed E-state index contributed by atoms with van der Waals surface area (Å²) in [6.07, 6.45) is 1.02. The molecule has 0 radical (unpaired) electrons. The van der Waals surface area contributed by atoms with Gasteiger partial charge in [0.2, 0.25) is 6.08 Å². The van der Waals surface area contributed by atoms with Gasteiger partial charge in [0.1, 0.15) is 5.69 Å². The van der Waals surface area contributed by atoms with E-state index in [0.29, 0.717) is 6.07 Å². The summed E-state index contributed by atoms with van der Waals surface area (Å²) >= 11 is 2.47. The Morgan fingerprint density at radius 3 is 2.46 bits per heavy atom. The molecule has 0 amide bonds. The fourth-order valence-corrected chi connectivity index (χ4v) is 1.08.